The van der Waals surface area contributed by atoms with Crippen LogP contribution in [0.15, 0.2) is 0 Å². The van der Waals surface area contributed by atoms with Gasteiger partial charge in [0.05, 0.1) is 0 Å². The summed E-state index contributed by atoms with van der Waals surface area (Å²) >= 11 is 0. The first-order valence-electron chi connectivity index (χ1n) is 1.37. The summed E-state index contributed by atoms with van der Waals surface area (Å²) in [5.41, 5.74) is 0. The monoisotopic (exact) mass is 122 g/mol. The van der Waals surface area contributed by atoms with E-state index < -0.39 is 14.0 Å². The third-order valence-corrected chi connectivity index (χ3v) is 0.267. The molecule has 4 N–H and O–H groups in total. The van der Waals surface area contributed by atoms with Crippen molar-refractivity contribution in [2.45, 2.75) is 14.9 Å². The second-order valence-electron chi connectivity index (χ2n) is 0.827. The van der Waals surface area contributed by atoms with Gasteiger partial charge >= 0.3 is 14.0 Å². The summed E-state index contributed by atoms with van der Waals surface area (Å²) in [6.07, 6.45) is 0. The average Bonchev–Trinajstić information content (AvgIpc) is 1.36. The summed E-state index contributed by atoms with van der Waals surface area (Å²) in [7, 11) is -4.07. The molecular weight excluding hydrogens is 110 g/mol. The van der Waals surface area contributed by atoms with Gasteiger partial charge in [0, 0.05) is 0 Å². The number of rotatable bonds is 1. The lowest BCUT2D eigenvalue weighted by Gasteiger charge is -1.89. The molecule has 0 atom stereocenters. The zero-order chi connectivity index (χ0) is 5.15. The normalized spacial score (nSPS) is 6.00. The van der Waals surface area contributed by atoms with Crippen molar-refractivity contribution in [1.82, 2.24) is 0 Å². The molecule has 0 saturated heterocycles. The molecule has 0 saturated carbocycles. The van der Waals surface area contributed by atoms with Gasteiger partial charge in [-0.1, -0.05) is 14.9 Å². The van der Waals surface area contributed by atoms with Crippen molar-refractivity contribution in [3.8, 4) is 0 Å². The molecule has 0 aliphatic rings. The Bertz CT molecular complexity index is 33.0. The summed E-state index contributed by atoms with van der Waals surface area (Å²) in [6.45, 7) is 0. The maximum atomic E-state index is 7.69. The average molecular weight is 122 g/mol. The van der Waals surface area contributed by atoms with Crippen LogP contribution >= 0.6 is 0 Å². The van der Waals surface area contributed by atoms with E-state index in [-0.39, 0.29) is 14.9 Å². The van der Waals surface area contributed by atoms with E-state index in [9.17, 15) is 0 Å². The van der Waals surface area contributed by atoms with Gasteiger partial charge in [-0.05, 0) is 0 Å². The van der Waals surface area contributed by atoms with Crippen molar-refractivity contribution >= 4 is 14.0 Å². The Morgan fingerprint density at radius 1 is 0.625 bits per heavy atom. The SMILES string of the molecule is C.C.OB(O)B(O)O. The third kappa shape index (κ3) is 9.36. The molecule has 0 bridgehead atoms. The molecule has 0 fully saturated rings. The molecular formula is C2H12B2O4. The van der Waals surface area contributed by atoms with Crippen LogP contribution in [0.1, 0.15) is 14.9 Å². The molecule has 0 aliphatic carbocycles. The summed E-state index contributed by atoms with van der Waals surface area (Å²) in [5, 5.41) is 30.7. The van der Waals surface area contributed by atoms with Crippen LogP contribution in [0, 0.1) is 0 Å². The van der Waals surface area contributed by atoms with Gasteiger partial charge in [0.2, 0.25) is 0 Å². The highest BCUT2D eigenvalue weighted by atomic mass is 16.4. The van der Waals surface area contributed by atoms with Gasteiger partial charge in [-0.15, -0.1) is 0 Å². The molecule has 0 unspecified atom stereocenters. The van der Waals surface area contributed by atoms with Gasteiger partial charge in [-0.3, -0.25) is 0 Å². The molecule has 0 aromatic carbocycles. The third-order valence-electron chi connectivity index (χ3n) is 0.267. The summed E-state index contributed by atoms with van der Waals surface area (Å²) in [4.78, 5) is 0. The molecule has 4 nitrogen and oxygen atoms in total. The standard InChI is InChI=1S/2CH4.B2H4O4/c;;3-1(4)2(5)6/h2*1H4;3-6H. The molecule has 0 aromatic heterocycles. The van der Waals surface area contributed by atoms with Crippen molar-refractivity contribution in [1.29, 1.82) is 0 Å². The highest BCUT2D eigenvalue weighted by molar-refractivity contribution is 7.07. The highest BCUT2D eigenvalue weighted by Crippen LogP contribution is 1.65. The minimum atomic E-state index is -2.04. The lowest BCUT2D eigenvalue weighted by Crippen LogP contribution is -2.35. The van der Waals surface area contributed by atoms with Crippen LogP contribution in [-0.4, -0.2) is 34.1 Å². The lowest BCUT2D eigenvalue weighted by molar-refractivity contribution is 0.368. The van der Waals surface area contributed by atoms with E-state index in [4.69, 9.17) is 20.1 Å². The van der Waals surface area contributed by atoms with Gasteiger partial charge in [-0.25, -0.2) is 0 Å². The quantitative estimate of drug-likeness (QED) is 0.312. The van der Waals surface area contributed by atoms with Gasteiger partial charge in [-0.2, -0.15) is 0 Å². The summed E-state index contributed by atoms with van der Waals surface area (Å²) in [6, 6.07) is 0. The van der Waals surface area contributed by atoms with Gasteiger partial charge in [0.15, 0.2) is 0 Å². The van der Waals surface area contributed by atoms with Crippen LogP contribution in [-0.2, 0) is 0 Å². The number of hydrogen-bond donors (Lipinski definition) is 4. The maximum Gasteiger partial charge on any atom is 0.482 e. The van der Waals surface area contributed by atoms with Crippen LogP contribution in [0.2, 0.25) is 0 Å². The first-order valence-corrected chi connectivity index (χ1v) is 1.37. The molecule has 0 rings (SSSR count). The fraction of sp³-hybridized carbons (Fsp3) is 1.00. The van der Waals surface area contributed by atoms with Crippen LogP contribution < -0.4 is 0 Å². The van der Waals surface area contributed by atoms with Gasteiger partial charge in [0.25, 0.3) is 0 Å². The van der Waals surface area contributed by atoms with Crippen LogP contribution in [0.5, 0.6) is 0 Å². The molecule has 8 heavy (non-hydrogen) atoms. The topological polar surface area (TPSA) is 80.9 Å². The van der Waals surface area contributed by atoms with Crippen LogP contribution in [0.4, 0.5) is 0 Å². The fourth-order valence-corrected chi connectivity index (χ4v) is 0. The molecule has 0 amide bonds. The maximum absolute atomic E-state index is 7.69. The Morgan fingerprint density at radius 3 is 0.750 bits per heavy atom. The zero-order valence-electron chi connectivity index (χ0n) is 2.94. The van der Waals surface area contributed by atoms with Crippen molar-refractivity contribution in [3.05, 3.63) is 0 Å². The summed E-state index contributed by atoms with van der Waals surface area (Å²) < 4.78 is 0. The van der Waals surface area contributed by atoms with E-state index in [1.165, 1.54) is 0 Å². The Labute approximate surface area is 50.1 Å². The predicted molar refractivity (Wildman–Crippen MR) is 33.8 cm³/mol. The zero-order valence-corrected chi connectivity index (χ0v) is 2.94. The summed E-state index contributed by atoms with van der Waals surface area (Å²) in [5.74, 6) is 0. The molecule has 0 radical (unpaired) electrons. The molecule has 6 heteroatoms. The van der Waals surface area contributed by atoms with E-state index in [0.29, 0.717) is 0 Å². The largest absolute Gasteiger partial charge is 0.482 e. The van der Waals surface area contributed by atoms with Crippen molar-refractivity contribution < 1.29 is 20.1 Å². The van der Waals surface area contributed by atoms with Crippen LogP contribution in [0.3, 0.4) is 0 Å². The molecule has 0 aliphatic heterocycles. The van der Waals surface area contributed by atoms with E-state index in [1.54, 1.807) is 0 Å². The fourth-order valence-electron chi connectivity index (χ4n) is 0. The van der Waals surface area contributed by atoms with Crippen LogP contribution in [0.25, 0.3) is 0 Å². The molecule has 0 spiro atoms. The van der Waals surface area contributed by atoms with Gasteiger partial charge in [0.1, 0.15) is 0 Å². The lowest BCUT2D eigenvalue weighted by atomic mass is 9.50. The Kier molecular flexibility index (Phi) is 13.7. The second-order valence-corrected chi connectivity index (χ2v) is 0.827. The minimum Gasteiger partial charge on any atom is -0.429 e. The molecule has 50 valence electrons. The van der Waals surface area contributed by atoms with Crippen molar-refractivity contribution in [2.24, 2.45) is 0 Å². The van der Waals surface area contributed by atoms with Gasteiger partial charge < -0.3 is 20.1 Å². The van der Waals surface area contributed by atoms with Crippen molar-refractivity contribution in [3.63, 3.8) is 0 Å². The predicted octanol–water partition coefficient (Wildman–Crippen LogP) is -1.72. The Morgan fingerprint density at radius 2 is 0.750 bits per heavy atom. The Hall–Kier alpha value is -0.0301. The van der Waals surface area contributed by atoms with E-state index >= 15 is 0 Å². The van der Waals surface area contributed by atoms with E-state index in [2.05, 4.69) is 0 Å². The highest BCUT2D eigenvalue weighted by Gasteiger charge is 2.23. The van der Waals surface area contributed by atoms with E-state index in [1.807, 2.05) is 0 Å². The first kappa shape index (κ1) is 15.7. The van der Waals surface area contributed by atoms with E-state index in [0.717, 1.165) is 0 Å². The van der Waals surface area contributed by atoms with Crippen molar-refractivity contribution in [2.75, 3.05) is 0 Å². The molecule has 0 heterocycles. The first-order chi connectivity index (χ1) is 2.64. The second kappa shape index (κ2) is 6.97. The molecule has 0 aromatic rings. The Balaban J connectivity index is -0.000000125. The minimum absolute atomic E-state index is 0. The number of hydrogen-bond acceptors (Lipinski definition) is 4. The smallest absolute Gasteiger partial charge is 0.429 e.